The van der Waals surface area contributed by atoms with Crippen molar-refractivity contribution >= 4 is 53.7 Å². The Morgan fingerprint density at radius 2 is 2.12 bits per heavy atom. The van der Waals surface area contributed by atoms with Gasteiger partial charge in [0, 0.05) is 20.3 Å². The van der Waals surface area contributed by atoms with Gasteiger partial charge in [-0.3, -0.25) is 4.79 Å². The number of hydrogen-bond donors (Lipinski definition) is 1. The quantitative estimate of drug-likeness (QED) is 0.739. The molecule has 1 unspecified atom stereocenters. The lowest BCUT2D eigenvalue weighted by Crippen LogP contribution is -2.35. The average Bonchev–Trinajstić information content (AvgIpc) is 2.28. The number of amides is 1. The highest BCUT2D eigenvalue weighted by Crippen LogP contribution is 2.21. The summed E-state index contributed by atoms with van der Waals surface area (Å²) in [6.07, 6.45) is 0.905. The van der Waals surface area contributed by atoms with Crippen LogP contribution in [0.25, 0.3) is 0 Å². The minimum absolute atomic E-state index is 0.0560. The third kappa shape index (κ3) is 3.86. The minimum atomic E-state index is -0.0560. The lowest BCUT2D eigenvalue weighted by molar-refractivity contribution is 0.0939. The summed E-state index contributed by atoms with van der Waals surface area (Å²) in [5.41, 5.74) is 0.647. The molecule has 1 aromatic carbocycles. The van der Waals surface area contributed by atoms with Crippen molar-refractivity contribution in [1.29, 1.82) is 0 Å². The van der Waals surface area contributed by atoms with Gasteiger partial charge in [0.25, 0.3) is 5.91 Å². The lowest BCUT2D eigenvalue weighted by atomic mass is 10.2. The fraction of sp³-hybridized carbons (Fsp3) is 0.364. The minimum Gasteiger partial charge on any atom is -0.348 e. The van der Waals surface area contributed by atoms with Crippen LogP contribution in [0.5, 0.6) is 0 Å². The molecular weight excluding hydrogens is 402 g/mol. The molecule has 0 fully saturated rings. The maximum atomic E-state index is 12.0. The summed E-state index contributed by atoms with van der Waals surface area (Å²) in [4.78, 5) is 12.0. The van der Waals surface area contributed by atoms with Crippen LogP contribution in [0.2, 0.25) is 0 Å². The van der Waals surface area contributed by atoms with E-state index in [0.29, 0.717) is 5.56 Å². The van der Waals surface area contributed by atoms with E-state index in [9.17, 15) is 4.79 Å². The van der Waals surface area contributed by atoms with Gasteiger partial charge >= 0.3 is 0 Å². The maximum Gasteiger partial charge on any atom is 0.252 e. The fourth-order valence-electron chi connectivity index (χ4n) is 1.18. The number of benzene rings is 1. The van der Waals surface area contributed by atoms with Crippen molar-refractivity contribution < 1.29 is 4.79 Å². The molecule has 1 aromatic rings. The van der Waals surface area contributed by atoms with Crippen molar-refractivity contribution in [2.45, 2.75) is 19.4 Å². The first kappa shape index (κ1) is 14.2. The third-order valence-electron chi connectivity index (χ3n) is 2.19. The van der Waals surface area contributed by atoms with E-state index in [0.717, 1.165) is 20.7 Å². The highest BCUT2D eigenvalue weighted by molar-refractivity contribution is 9.11. The number of hydrogen-bond acceptors (Lipinski definition) is 1. The lowest BCUT2D eigenvalue weighted by Gasteiger charge is -2.14. The van der Waals surface area contributed by atoms with Gasteiger partial charge in [-0.15, -0.1) is 0 Å². The first-order valence-corrected chi connectivity index (χ1v) is 7.61. The fourth-order valence-corrected chi connectivity index (χ4v) is 2.59. The molecule has 0 bridgehead atoms. The van der Waals surface area contributed by atoms with E-state index in [4.69, 9.17) is 0 Å². The van der Waals surface area contributed by atoms with Gasteiger partial charge in [0.05, 0.1) is 5.56 Å². The smallest absolute Gasteiger partial charge is 0.252 e. The second-order valence-corrected chi connectivity index (χ2v) is 5.77. The number of rotatable bonds is 4. The molecule has 1 amide bonds. The Hall–Kier alpha value is 0.130. The van der Waals surface area contributed by atoms with Gasteiger partial charge in [0.1, 0.15) is 0 Å². The molecule has 5 heteroatoms. The van der Waals surface area contributed by atoms with Crippen LogP contribution in [-0.2, 0) is 0 Å². The molecule has 88 valence electrons. The van der Waals surface area contributed by atoms with Crippen LogP contribution in [0.1, 0.15) is 23.7 Å². The first-order valence-electron chi connectivity index (χ1n) is 4.90. The molecule has 1 rings (SSSR count). The molecule has 0 spiro atoms. The molecule has 0 aliphatic carbocycles. The normalized spacial score (nSPS) is 12.2. The van der Waals surface area contributed by atoms with Crippen LogP contribution < -0.4 is 5.32 Å². The van der Waals surface area contributed by atoms with Crippen molar-refractivity contribution in [3.05, 3.63) is 32.7 Å². The van der Waals surface area contributed by atoms with Crippen LogP contribution in [0, 0.1) is 0 Å². The Bertz CT molecular complexity index is 377. The molecule has 2 nitrogen and oxygen atoms in total. The zero-order valence-corrected chi connectivity index (χ0v) is 13.5. The molecule has 0 aromatic heterocycles. The van der Waals surface area contributed by atoms with Gasteiger partial charge in [-0.2, -0.15) is 0 Å². The predicted molar refractivity (Wildman–Crippen MR) is 77.2 cm³/mol. The van der Waals surface area contributed by atoms with Crippen molar-refractivity contribution in [2.75, 3.05) is 5.33 Å². The van der Waals surface area contributed by atoms with Crippen molar-refractivity contribution in [3.63, 3.8) is 0 Å². The highest BCUT2D eigenvalue weighted by Gasteiger charge is 2.13. The number of carbonyl (C=O) groups is 1. The summed E-state index contributed by atoms with van der Waals surface area (Å²) in [5, 5.41) is 3.73. The highest BCUT2D eigenvalue weighted by atomic mass is 79.9. The molecule has 1 N–H and O–H groups in total. The van der Waals surface area contributed by atoms with Crippen LogP contribution in [-0.4, -0.2) is 17.3 Å². The molecule has 0 saturated heterocycles. The van der Waals surface area contributed by atoms with Crippen LogP contribution >= 0.6 is 47.8 Å². The van der Waals surface area contributed by atoms with Gasteiger partial charge in [-0.25, -0.2) is 0 Å². The van der Waals surface area contributed by atoms with Gasteiger partial charge in [-0.1, -0.05) is 38.8 Å². The largest absolute Gasteiger partial charge is 0.348 e. The first-order chi connectivity index (χ1) is 7.58. The van der Waals surface area contributed by atoms with Crippen molar-refractivity contribution in [3.8, 4) is 0 Å². The Balaban J connectivity index is 2.83. The SMILES string of the molecule is CCC(CBr)NC(=O)c1cc(Br)ccc1Br. The van der Waals surface area contributed by atoms with Crippen molar-refractivity contribution in [2.24, 2.45) is 0 Å². The predicted octanol–water partition coefficient (Wildman–Crippen LogP) is 4.11. The molecule has 1 atom stereocenters. The summed E-state index contributed by atoms with van der Waals surface area (Å²) in [6.45, 7) is 2.04. The van der Waals surface area contributed by atoms with Crippen LogP contribution in [0.3, 0.4) is 0 Å². The van der Waals surface area contributed by atoms with E-state index in [1.807, 2.05) is 19.1 Å². The second-order valence-electron chi connectivity index (χ2n) is 3.36. The summed E-state index contributed by atoms with van der Waals surface area (Å²) in [7, 11) is 0. The average molecular weight is 414 g/mol. The van der Waals surface area contributed by atoms with Gasteiger partial charge < -0.3 is 5.32 Å². The Morgan fingerprint density at radius 1 is 1.44 bits per heavy atom. The standard InChI is InChI=1S/C11H12Br3NO/c1-2-8(6-12)15-11(16)9-5-7(13)3-4-10(9)14/h3-5,8H,2,6H2,1H3,(H,15,16). The summed E-state index contributed by atoms with van der Waals surface area (Å²) >= 11 is 10.1. The molecular formula is C11H12Br3NO. The number of carbonyl (C=O) groups excluding carboxylic acids is 1. The monoisotopic (exact) mass is 411 g/mol. The van der Waals surface area contributed by atoms with Gasteiger partial charge in [-0.05, 0) is 40.5 Å². The Kier molecular flexibility index (Phi) is 6.00. The molecule has 0 saturated carbocycles. The maximum absolute atomic E-state index is 12.0. The van der Waals surface area contributed by atoms with E-state index < -0.39 is 0 Å². The zero-order valence-electron chi connectivity index (χ0n) is 8.77. The number of halogens is 3. The van der Waals surface area contributed by atoms with Crippen molar-refractivity contribution in [1.82, 2.24) is 5.32 Å². The van der Waals surface area contributed by atoms with Gasteiger partial charge in [0.2, 0.25) is 0 Å². The summed E-state index contributed by atoms with van der Waals surface area (Å²) in [6, 6.07) is 5.72. The Labute approximate surface area is 121 Å². The second kappa shape index (κ2) is 6.77. The molecule has 16 heavy (non-hydrogen) atoms. The van der Waals surface area contributed by atoms with Gasteiger partial charge in [0.15, 0.2) is 0 Å². The summed E-state index contributed by atoms with van der Waals surface area (Å²) < 4.78 is 1.70. The Morgan fingerprint density at radius 3 is 2.69 bits per heavy atom. The van der Waals surface area contributed by atoms with Crippen LogP contribution in [0.4, 0.5) is 0 Å². The third-order valence-corrected chi connectivity index (χ3v) is 4.15. The van der Waals surface area contributed by atoms with E-state index in [1.165, 1.54) is 0 Å². The van der Waals surface area contributed by atoms with E-state index in [-0.39, 0.29) is 11.9 Å². The summed E-state index contributed by atoms with van der Waals surface area (Å²) in [5.74, 6) is -0.0560. The van der Waals surface area contributed by atoms with Crippen LogP contribution in [0.15, 0.2) is 27.1 Å². The molecule has 0 heterocycles. The topological polar surface area (TPSA) is 29.1 Å². The number of alkyl halides is 1. The zero-order chi connectivity index (χ0) is 12.1. The van der Waals surface area contributed by atoms with E-state index in [1.54, 1.807) is 6.07 Å². The van der Waals surface area contributed by atoms with E-state index in [2.05, 4.69) is 53.1 Å². The molecule has 0 aliphatic rings. The molecule has 0 radical (unpaired) electrons. The molecule has 0 aliphatic heterocycles. The number of nitrogens with one attached hydrogen (secondary N) is 1. The van der Waals surface area contributed by atoms with E-state index >= 15 is 0 Å².